The first-order valence-corrected chi connectivity index (χ1v) is 7.34. The van der Waals surface area contributed by atoms with Crippen molar-refractivity contribution in [2.24, 2.45) is 0 Å². The second-order valence-electron chi connectivity index (χ2n) is 5.43. The first kappa shape index (κ1) is 16.9. The predicted molar refractivity (Wildman–Crippen MR) is 81.2 cm³/mol. The van der Waals surface area contributed by atoms with Crippen molar-refractivity contribution in [1.29, 1.82) is 0 Å². The molecule has 0 saturated heterocycles. The first-order chi connectivity index (χ1) is 9.36. The molecule has 1 amide bonds. The van der Waals surface area contributed by atoms with Crippen molar-refractivity contribution in [2.75, 3.05) is 13.2 Å². The SMILES string of the molecule is CC(C)c1cc(C(=O)N(CCCO)C(C)C)cc(Cl)n1. The second-order valence-corrected chi connectivity index (χ2v) is 5.81. The van der Waals surface area contributed by atoms with Crippen LogP contribution in [0.3, 0.4) is 0 Å². The topological polar surface area (TPSA) is 53.4 Å². The fourth-order valence-corrected chi connectivity index (χ4v) is 2.15. The smallest absolute Gasteiger partial charge is 0.254 e. The predicted octanol–water partition coefficient (Wildman–Crippen LogP) is 3.09. The van der Waals surface area contributed by atoms with Crippen molar-refractivity contribution in [3.63, 3.8) is 0 Å². The van der Waals surface area contributed by atoms with Crippen LogP contribution in [0.4, 0.5) is 0 Å². The maximum Gasteiger partial charge on any atom is 0.254 e. The number of nitrogens with zero attached hydrogens (tertiary/aromatic N) is 2. The molecule has 0 atom stereocenters. The minimum Gasteiger partial charge on any atom is -0.396 e. The number of aromatic nitrogens is 1. The van der Waals surface area contributed by atoms with E-state index in [1.807, 2.05) is 27.7 Å². The number of amides is 1. The molecule has 0 bridgehead atoms. The van der Waals surface area contributed by atoms with Gasteiger partial charge in [-0.2, -0.15) is 0 Å². The van der Waals surface area contributed by atoms with E-state index in [1.54, 1.807) is 17.0 Å². The summed E-state index contributed by atoms with van der Waals surface area (Å²) < 4.78 is 0. The van der Waals surface area contributed by atoms with Gasteiger partial charge >= 0.3 is 0 Å². The molecule has 20 heavy (non-hydrogen) atoms. The quantitative estimate of drug-likeness (QED) is 0.821. The molecule has 0 fully saturated rings. The number of aliphatic hydroxyl groups is 1. The highest BCUT2D eigenvalue weighted by Crippen LogP contribution is 2.19. The zero-order chi connectivity index (χ0) is 15.3. The largest absolute Gasteiger partial charge is 0.396 e. The lowest BCUT2D eigenvalue weighted by Gasteiger charge is -2.27. The Kier molecular flexibility index (Phi) is 6.43. The highest BCUT2D eigenvalue weighted by atomic mass is 35.5. The summed E-state index contributed by atoms with van der Waals surface area (Å²) in [5.41, 5.74) is 1.37. The summed E-state index contributed by atoms with van der Waals surface area (Å²) in [6.07, 6.45) is 0.569. The van der Waals surface area contributed by atoms with Gasteiger partial charge in [-0.15, -0.1) is 0 Å². The van der Waals surface area contributed by atoms with Crippen LogP contribution in [-0.4, -0.2) is 40.1 Å². The van der Waals surface area contributed by atoms with Gasteiger partial charge in [0.2, 0.25) is 0 Å². The molecule has 0 aromatic carbocycles. The number of carbonyl (C=O) groups excluding carboxylic acids is 1. The lowest BCUT2D eigenvalue weighted by molar-refractivity contribution is 0.0693. The summed E-state index contributed by atoms with van der Waals surface area (Å²) in [6.45, 7) is 8.55. The van der Waals surface area contributed by atoms with E-state index < -0.39 is 0 Å². The zero-order valence-electron chi connectivity index (χ0n) is 12.6. The molecular formula is C15H23ClN2O2. The normalized spacial score (nSPS) is 11.2. The number of rotatable bonds is 6. The zero-order valence-corrected chi connectivity index (χ0v) is 13.3. The molecule has 0 spiro atoms. The van der Waals surface area contributed by atoms with Crippen molar-refractivity contribution in [3.8, 4) is 0 Å². The molecule has 1 heterocycles. The standard InChI is InChI=1S/C15H23ClN2O2/c1-10(2)13-8-12(9-14(16)17-13)15(20)18(11(3)4)6-5-7-19/h8-11,19H,5-7H2,1-4H3. The summed E-state index contributed by atoms with van der Waals surface area (Å²) in [7, 11) is 0. The third kappa shape index (κ3) is 4.46. The van der Waals surface area contributed by atoms with Crippen molar-refractivity contribution < 1.29 is 9.90 Å². The summed E-state index contributed by atoms with van der Waals surface area (Å²) >= 11 is 6.00. The third-order valence-corrected chi connectivity index (χ3v) is 3.29. The van der Waals surface area contributed by atoms with E-state index in [9.17, 15) is 4.79 Å². The molecule has 0 radical (unpaired) electrons. The van der Waals surface area contributed by atoms with Crippen LogP contribution in [0.1, 0.15) is 56.1 Å². The number of aliphatic hydroxyl groups excluding tert-OH is 1. The average Bonchev–Trinajstić information content (AvgIpc) is 2.37. The minimum atomic E-state index is -0.0698. The summed E-state index contributed by atoms with van der Waals surface area (Å²) in [5, 5.41) is 9.28. The Hall–Kier alpha value is -1.13. The van der Waals surface area contributed by atoms with Gasteiger partial charge in [-0.25, -0.2) is 4.98 Å². The molecule has 0 aliphatic rings. The molecule has 1 aromatic heterocycles. The van der Waals surface area contributed by atoms with Gasteiger partial charge in [0.1, 0.15) is 5.15 Å². The first-order valence-electron chi connectivity index (χ1n) is 6.96. The highest BCUT2D eigenvalue weighted by Gasteiger charge is 2.20. The molecule has 1 rings (SSSR count). The molecule has 4 nitrogen and oxygen atoms in total. The van der Waals surface area contributed by atoms with Crippen molar-refractivity contribution in [2.45, 2.75) is 46.1 Å². The number of pyridine rings is 1. The fraction of sp³-hybridized carbons (Fsp3) is 0.600. The molecule has 0 unspecified atom stereocenters. The van der Waals surface area contributed by atoms with Crippen LogP contribution >= 0.6 is 11.6 Å². The Morgan fingerprint density at radius 3 is 2.50 bits per heavy atom. The number of carbonyl (C=O) groups is 1. The van der Waals surface area contributed by atoms with Crippen LogP contribution in [0.2, 0.25) is 5.15 Å². The summed E-state index contributed by atoms with van der Waals surface area (Å²) in [4.78, 5) is 18.6. The molecule has 1 N–H and O–H groups in total. The Balaban J connectivity index is 3.05. The Morgan fingerprint density at radius 1 is 1.35 bits per heavy atom. The number of hydrogen-bond donors (Lipinski definition) is 1. The van der Waals surface area contributed by atoms with Gasteiger partial charge in [0, 0.05) is 30.5 Å². The van der Waals surface area contributed by atoms with Gasteiger partial charge < -0.3 is 10.0 Å². The van der Waals surface area contributed by atoms with Gasteiger partial charge in [-0.05, 0) is 38.3 Å². The lowest BCUT2D eigenvalue weighted by atomic mass is 10.1. The van der Waals surface area contributed by atoms with Crippen LogP contribution in [0.25, 0.3) is 0 Å². The molecule has 0 saturated carbocycles. The second kappa shape index (κ2) is 7.60. The van der Waals surface area contributed by atoms with E-state index >= 15 is 0 Å². The van der Waals surface area contributed by atoms with Crippen molar-refractivity contribution in [1.82, 2.24) is 9.88 Å². The van der Waals surface area contributed by atoms with Crippen LogP contribution in [0.15, 0.2) is 12.1 Å². The van der Waals surface area contributed by atoms with Crippen LogP contribution in [-0.2, 0) is 0 Å². The van der Waals surface area contributed by atoms with Gasteiger partial charge in [-0.1, -0.05) is 25.4 Å². The maximum absolute atomic E-state index is 12.6. The number of halogens is 1. The maximum atomic E-state index is 12.6. The van der Waals surface area contributed by atoms with E-state index in [4.69, 9.17) is 16.7 Å². The Morgan fingerprint density at radius 2 is 2.00 bits per heavy atom. The molecule has 1 aromatic rings. The minimum absolute atomic E-state index is 0.0698. The van der Waals surface area contributed by atoms with E-state index in [1.165, 1.54) is 0 Å². The van der Waals surface area contributed by atoms with E-state index in [0.29, 0.717) is 23.7 Å². The molecule has 5 heteroatoms. The van der Waals surface area contributed by atoms with Crippen molar-refractivity contribution in [3.05, 3.63) is 28.5 Å². The van der Waals surface area contributed by atoms with E-state index in [-0.39, 0.29) is 24.5 Å². The fourth-order valence-electron chi connectivity index (χ4n) is 1.94. The molecule has 112 valence electrons. The Bertz CT molecular complexity index is 461. The lowest BCUT2D eigenvalue weighted by Crippen LogP contribution is -2.38. The van der Waals surface area contributed by atoms with Crippen LogP contribution < -0.4 is 0 Å². The third-order valence-electron chi connectivity index (χ3n) is 3.09. The summed E-state index contributed by atoms with van der Waals surface area (Å²) in [5.74, 6) is 0.143. The van der Waals surface area contributed by atoms with E-state index in [2.05, 4.69) is 4.98 Å². The molecular weight excluding hydrogens is 276 g/mol. The van der Waals surface area contributed by atoms with Gasteiger partial charge in [0.25, 0.3) is 5.91 Å². The molecule has 0 aliphatic heterocycles. The summed E-state index contributed by atoms with van der Waals surface area (Å²) in [6, 6.07) is 3.47. The average molecular weight is 299 g/mol. The van der Waals surface area contributed by atoms with Crippen LogP contribution in [0, 0.1) is 0 Å². The molecule has 0 aliphatic carbocycles. The highest BCUT2D eigenvalue weighted by molar-refractivity contribution is 6.29. The van der Waals surface area contributed by atoms with Crippen molar-refractivity contribution >= 4 is 17.5 Å². The monoisotopic (exact) mass is 298 g/mol. The number of hydrogen-bond acceptors (Lipinski definition) is 3. The van der Waals surface area contributed by atoms with Gasteiger partial charge in [0.15, 0.2) is 0 Å². The van der Waals surface area contributed by atoms with E-state index in [0.717, 1.165) is 5.69 Å². The Labute approximate surface area is 125 Å². The van der Waals surface area contributed by atoms with Gasteiger partial charge in [0.05, 0.1) is 0 Å². The van der Waals surface area contributed by atoms with Gasteiger partial charge in [-0.3, -0.25) is 4.79 Å². The van der Waals surface area contributed by atoms with Crippen LogP contribution in [0.5, 0.6) is 0 Å².